The van der Waals surface area contributed by atoms with Gasteiger partial charge in [0, 0.05) is 20.3 Å². The van der Waals surface area contributed by atoms with Gasteiger partial charge in [0.25, 0.3) is 5.56 Å². The highest BCUT2D eigenvalue weighted by atomic mass is 35.5. The van der Waals surface area contributed by atoms with Gasteiger partial charge in [0.05, 0.1) is 31.1 Å². The van der Waals surface area contributed by atoms with Crippen molar-refractivity contribution in [3.63, 3.8) is 0 Å². The highest BCUT2D eigenvalue weighted by molar-refractivity contribution is 6.32. The summed E-state index contributed by atoms with van der Waals surface area (Å²) in [5.41, 5.74) is 0.194. The van der Waals surface area contributed by atoms with E-state index in [9.17, 15) is 4.79 Å². The molecular formula is C12H20ClN3O3. The van der Waals surface area contributed by atoms with Crippen molar-refractivity contribution in [1.82, 2.24) is 9.78 Å². The molecule has 0 aliphatic heterocycles. The minimum atomic E-state index is -0.326. The van der Waals surface area contributed by atoms with Crippen molar-refractivity contribution in [2.24, 2.45) is 0 Å². The molecule has 1 N–H and O–H groups in total. The Morgan fingerprint density at radius 2 is 2.32 bits per heavy atom. The summed E-state index contributed by atoms with van der Waals surface area (Å²) in [6.45, 7) is 5.88. The van der Waals surface area contributed by atoms with Crippen LogP contribution in [0.3, 0.4) is 0 Å². The summed E-state index contributed by atoms with van der Waals surface area (Å²) in [7, 11) is 1.57. The molecule has 0 bridgehead atoms. The molecule has 7 heteroatoms. The van der Waals surface area contributed by atoms with Crippen molar-refractivity contribution in [2.45, 2.75) is 26.5 Å². The second-order valence-electron chi connectivity index (χ2n) is 4.04. The third-order valence-electron chi connectivity index (χ3n) is 2.52. The summed E-state index contributed by atoms with van der Waals surface area (Å²) in [5.74, 6) is 0. The van der Waals surface area contributed by atoms with E-state index < -0.39 is 0 Å². The Hall–Kier alpha value is -1.11. The van der Waals surface area contributed by atoms with Crippen LogP contribution >= 0.6 is 11.6 Å². The monoisotopic (exact) mass is 289 g/mol. The molecule has 0 fully saturated rings. The molecule has 1 atom stereocenters. The number of nitrogens with one attached hydrogen (secondary N) is 1. The SMILES string of the molecule is CCOC(C)CNc1cnn(CCOC)c(=O)c1Cl. The van der Waals surface area contributed by atoms with Crippen LogP contribution in [-0.4, -0.2) is 42.8 Å². The van der Waals surface area contributed by atoms with E-state index >= 15 is 0 Å². The van der Waals surface area contributed by atoms with Gasteiger partial charge in [0.1, 0.15) is 5.02 Å². The van der Waals surface area contributed by atoms with E-state index in [2.05, 4.69) is 10.4 Å². The Kier molecular flexibility index (Phi) is 6.83. The van der Waals surface area contributed by atoms with Crippen LogP contribution in [0.4, 0.5) is 5.69 Å². The Balaban J connectivity index is 2.71. The molecule has 0 amide bonds. The van der Waals surface area contributed by atoms with Crippen LogP contribution in [0.5, 0.6) is 0 Å². The minimum Gasteiger partial charge on any atom is -0.383 e. The zero-order valence-corrected chi connectivity index (χ0v) is 12.2. The van der Waals surface area contributed by atoms with Gasteiger partial charge in [-0.05, 0) is 13.8 Å². The number of methoxy groups -OCH3 is 1. The van der Waals surface area contributed by atoms with Crippen LogP contribution in [0.15, 0.2) is 11.0 Å². The number of aromatic nitrogens is 2. The Labute approximate surface area is 117 Å². The number of halogens is 1. The molecule has 1 unspecified atom stereocenters. The fraction of sp³-hybridized carbons (Fsp3) is 0.667. The van der Waals surface area contributed by atoms with E-state index in [0.29, 0.717) is 32.0 Å². The van der Waals surface area contributed by atoms with Gasteiger partial charge in [-0.25, -0.2) is 4.68 Å². The fourth-order valence-corrected chi connectivity index (χ4v) is 1.74. The van der Waals surface area contributed by atoms with E-state index in [1.165, 1.54) is 10.9 Å². The van der Waals surface area contributed by atoms with Crippen LogP contribution in [-0.2, 0) is 16.0 Å². The first kappa shape index (κ1) is 15.9. The summed E-state index contributed by atoms with van der Waals surface area (Å²) in [6, 6.07) is 0. The summed E-state index contributed by atoms with van der Waals surface area (Å²) in [6.07, 6.45) is 1.58. The first-order chi connectivity index (χ1) is 9.10. The highest BCUT2D eigenvalue weighted by Crippen LogP contribution is 2.15. The molecule has 0 radical (unpaired) electrons. The van der Waals surface area contributed by atoms with E-state index in [0.717, 1.165) is 0 Å². The van der Waals surface area contributed by atoms with E-state index in [4.69, 9.17) is 21.1 Å². The first-order valence-corrected chi connectivity index (χ1v) is 6.58. The van der Waals surface area contributed by atoms with Crippen LogP contribution in [0.2, 0.25) is 5.02 Å². The largest absolute Gasteiger partial charge is 0.383 e. The molecule has 19 heavy (non-hydrogen) atoms. The lowest BCUT2D eigenvalue weighted by atomic mass is 10.3. The quantitative estimate of drug-likeness (QED) is 0.783. The maximum absolute atomic E-state index is 11.9. The van der Waals surface area contributed by atoms with Gasteiger partial charge in [-0.15, -0.1) is 0 Å². The Morgan fingerprint density at radius 3 is 2.95 bits per heavy atom. The van der Waals surface area contributed by atoms with Gasteiger partial charge in [-0.2, -0.15) is 5.10 Å². The van der Waals surface area contributed by atoms with Crippen LogP contribution in [0.25, 0.3) is 0 Å². The summed E-state index contributed by atoms with van der Waals surface area (Å²) in [4.78, 5) is 11.9. The second kappa shape index (κ2) is 8.14. The molecule has 0 spiro atoms. The second-order valence-corrected chi connectivity index (χ2v) is 4.42. The molecule has 1 heterocycles. The predicted molar refractivity (Wildman–Crippen MR) is 75.0 cm³/mol. The van der Waals surface area contributed by atoms with Crippen molar-refractivity contribution in [2.75, 3.05) is 32.2 Å². The van der Waals surface area contributed by atoms with Gasteiger partial charge < -0.3 is 14.8 Å². The van der Waals surface area contributed by atoms with Gasteiger partial charge in [0.15, 0.2) is 0 Å². The average Bonchev–Trinajstić information content (AvgIpc) is 2.40. The van der Waals surface area contributed by atoms with E-state index in [1.807, 2.05) is 13.8 Å². The molecule has 0 aliphatic rings. The van der Waals surface area contributed by atoms with Gasteiger partial charge in [-0.3, -0.25) is 4.79 Å². The first-order valence-electron chi connectivity index (χ1n) is 6.20. The molecule has 0 saturated heterocycles. The fourth-order valence-electron chi connectivity index (χ4n) is 1.52. The lowest BCUT2D eigenvalue weighted by Crippen LogP contribution is -2.27. The maximum atomic E-state index is 11.9. The zero-order valence-electron chi connectivity index (χ0n) is 11.5. The van der Waals surface area contributed by atoms with Crippen LogP contribution in [0, 0.1) is 0 Å². The molecule has 1 aromatic rings. The van der Waals surface area contributed by atoms with Crippen molar-refractivity contribution in [3.8, 4) is 0 Å². The molecule has 6 nitrogen and oxygen atoms in total. The van der Waals surface area contributed by atoms with Crippen LogP contribution < -0.4 is 10.9 Å². The standard InChI is InChI=1S/C12H20ClN3O3/c1-4-19-9(2)7-14-10-8-15-16(5-6-18-3)12(17)11(10)13/h8-9,14H,4-7H2,1-3H3. The average molecular weight is 290 g/mol. The highest BCUT2D eigenvalue weighted by Gasteiger charge is 2.10. The summed E-state index contributed by atoms with van der Waals surface area (Å²) < 4.78 is 11.6. The predicted octanol–water partition coefficient (Wildman–Crippen LogP) is 1.38. The van der Waals surface area contributed by atoms with Crippen molar-refractivity contribution in [1.29, 1.82) is 0 Å². The van der Waals surface area contributed by atoms with Crippen LogP contribution in [0.1, 0.15) is 13.8 Å². The molecule has 1 rings (SSSR count). The molecule has 0 saturated carbocycles. The van der Waals surface area contributed by atoms with Gasteiger partial charge in [0.2, 0.25) is 0 Å². The van der Waals surface area contributed by atoms with E-state index in [-0.39, 0.29) is 16.7 Å². The Bertz CT molecular complexity index is 450. The summed E-state index contributed by atoms with van der Waals surface area (Å²) in [5, 5.41) is 7.23. The lowest BCUT2D eigenvalue weighted by Gasteiger charge is -2.14. The number of hydrogen-bond donors (Lipinski definition) is 1. The number of hydrogen-bond acceptors (Lipinski definition) is 5. The van der Waals surface area contributed by atoms with Crippen molar-refractivity contribution < 1.29 is 9.47 Å². The maximum Gasteiger partial charge on any atom is 0.287 e. The normalized spacial score (nSPS) is 12.4. The molecule has 0 aromatic carbocycles. The van der Waals surface area contributed by atoms with Gasteiger partial charge in [-0.1, -0.05) is 11.6 Å². The minimum absolute atomic E-state index is 0.0389. The Morgan fingerprint density at radius 1 is 1.58 bits per heavy atom. The summed E-state index contributed by atoms with van der Waals surface area (Å²) >= 11 is 6.02. The third-order valence-corrected chi connectivity index (χ3v) is 2.89. The number of rotatable bonds is 8. The molecular weight excluding hydrogens is 270 g/mol. The number of ether oxygens (including phenoxy) is 2. The van der Waals surface area contributed by atoms with Crippen molar-refractivity contribution >= 4 is 17.3 Å². The number of nitrogens with zero attached hydrogens (tertiary/aromatic N) is 2. The smallest absolute Gasteiger partial charge is 0.287 e. The zero-order chi connectivity index (χ0) is 14.3. The molecule has 1 aromatic heterocycles. The van der Waals surface area contributed by atoms with E-state index in [1.54, 1.807) is 7.11 Å². The topological polar surface area (TPSA) is 65.4 Å². The molecule has 108 valence electrons. The molecule has 0 aliphatic carbocycles. The lowest BCUT2D eigenvalue weighted by molar-refractivity contribution is 0.0855. The van der Waals surface area contributed by atoms with Gasteiger partial charge >= 0.3 is 0 Å². The van der Waals surface area contributed by atoms with Crippen molar-refractivity contribution in [3.05, 3.63) is 21.6 Å². The third kappa shape index (κ3) is 4.81. The number of anilines is 1.